The van der Waals surface area contributed by atoms with Crippen LogP contribution in [0.1, 0.15) is 37.9 Å². The maximum Gasteiger partial charge on any atom is 0.117 e. The van der Waals surface area contributed by atoms with Crippen molar-refractivity contribution >= 4 is 0 Å². The molecule has 0 unspecified atom stereocenters. The number of rotatable bonds is 3. The van der Waals surface area contributed by atoms with Gasteiger partial charge in [-0.25, -0.2) is 0 Å². The average Bonchev–Trinajstić information content (AvgIpc) is 3.01. The second-order valence-corrected chi connectivity index (χ2v) is 8.31. The fourth-order valence-electron chi connectivity index (χ4n) is 6.34. The molecule has 0 amide bonds. The van der Waals surface area contributed by atoms with Crippen LogP contribution in [-0.4, -0.2) is 42.0 Å². The van der Waals surface area contributed by atoms with E-state index in [1.165, 1.54) is 26.2 Å². The third-order valence-corrected chi connectivity index (χ3v) is 6.97. The minimum absolute atomic E-state index is 0.929. The van der Waals surface area contributed by atoms with Crippen molar-refractivity contribution in [3.8, 4) is 0 Å². The zero-order chi connectivity index (χ0) is 14.5. The van der Waals surface area contributed by atoms with Crippen LogP contribution in [0.2, 0.25) is 0 Å². The van der Waals surface area contributed by atoms with Crippen LogP contribution >= 0.6 is 0 Å². The molecule has 1 aliphatic heterocycles. The SMILES string of the molecule is c1coc(CN2CCN(C3C4CC5CC(C4)CC3C5)CC2)c1. The highest BCUT2D eigenvalue weighted by Gasteiger charge is 2.50. The molecule has 6 rings (SSSR count). The Balaban J connectivity index is 1.21. The number of hydrogen-bond donors (Lipinski definition) is 0. The van der Waals surface area contributed by atoms with Gasteiger partial charge in [0.25, 0.3) is 0 Å². The summed E-state index contributed by atoms with van der Waals surface area (Å²) in [5.41, 5.74) is 0. The van der Waals surface area contributed by atoms with Gasteiger partial charge in [-0.3, -0.25) is 9.80 Å². The topological polar surface area (TPSA) is 19.6 Å². The molecule has 3 heteroatoms. The molecule has 4 aliphatic carbocycles. The predicted octanol–water partition coefficient (Wildman–Crippen LogP) is 3.22. The van der Waals surface area contributed by atoms with Crippen LogP contribution < -0.4 is 0 Å². The molecular weight excluding hydrogens is 272 g/mol. The summed E-state index contributed by atoms with van der Waals surface area (Å²) in [5, 5.41) is 0. The van der Waals surface area contributed by atoms with Crippen LogP contribution in [0, 0.1) is 23.7 Å². The maximum absolute atomic E-state index is 5.50. The molecular formula is C19H28N2O. The first-order valence-electron chi connectivity index (χ1n) is 9.34. The molecule has 1 saturated heterocycles. The summed E-state index contributed by atoms with van der Waals surface area (Å²) in [7, 11) is 0. The number of nitrogens with zero attached hydrogens (tertiary/aromatic N) is 2. The van der Waals surface area contributed by atoms with Gasteiger partial charge in [-0.1, -0.05) is 0 Å². The summed E-state index contributed by atoms with van der Waals surface area (Å²) in [6, 6.07) is 5.03. The number of piperazine rings is 1. The van der Waals surface area contributed by atoms with E-state index in [1.54, 1.807) is 38.4 Å². The van der Waals surface area contributed by atoms with E-state index in [2.05, 4.69) is 15.9 Å². The first-order chi connectivity index (χ1) is 10.8. The zero-order valence-corrected chi connectivity index (χ0v) is 13.5. The van der Waals surface area contributed by atoms with E-state index in [9.17, 15) is 0 Å². The molecule has 4 saturated carbocycles. The van der Waals surface area contributed by atoms with Gasteiger partial charge < -0.3 is 4.42 Å². The van der Waals surface area contributed by atoms with Gasteiger partial charge in [0.2, 0.25) is 0 Å². The van der Waals surface area contributed by atoms with E-state index >= 15 is 0 Å². The molecule has 0 N–H and O–H groups in total. The Morgan fingerprint density at radius 1 is 0.909 bits per heavy atom. The van der Waals surface area contributed by atoms with Crippen LogP contribution in [0.4, 0.5) is 0 Å². The van der Waals surface area contributed by atoms with Gasteiger partial charge in [-0.2, -0.15) is 0 Å². The van der Waals surface area contributed by atoms with Crippen LogP contribution in [0.15, 0.2) is 22.8 Å². The van der Waals surface area contributed by atoms with Crippen LogP contribution in [-0.2, 0) is 6.54 Å². The highest BCUT2D eigenvalue weighted by Crippen LogP contribution is 2.55. The molecule has 1 aromatic rings. The van der Waals surface area contributed by atoms with Crippen molar-refractivity contribution in [2.24, 2.45) is 23.7 Å². The lowest BCUT2D eigenvalue weighted by Crippen LogP contribution is -2.60. The molecule has 5 fully saturated rings. The van der Waals surface area contributed by atoms with E-state index in [0.717, 1.165) is 42.0 Å². The smallest absolute Gasteiger partial charge is 0.117 e. The van der Waals surface area contributed by atoms with Gasteiger partial charge >= 0.3 is 0 Å². The van der Waals surface area contributed by atoms with Crippen molar-refractivity contribution in [2.75, 3.05) is 26.2 Å². The Hall–Kier alpha value is -0.800. The Labute approximate surface area is 133 Å². The van der Waals surface area contributed by atoms with Gasteiger partial charge in [0, 0.05) is 32.2 Å². The summed E-state index contributed by atoms with van der Waals surface area (Å²) in [6.07, 6.45) is 9.54. The molecule has 2 heterocycles. The molecule has 0 radical (unpaired) electrons. The van der Waals surface area contributed by atoms with E-state index in [1.807, 2.05) is 6.07 Å². The molecule has 22 heavy (non-hydrogen) atoms. The Bertz CT molecular complexity index is 476. The van der Waals surface area contributed by atoms with Gasteiger partial charge in [-0.15, -0.1) is 0 Å². The molecule has 3 nitrogen and oxygen atoms in total. The molecule has 1 aromatic heterocycles. The van der Waals surface area contributed by atoms with Crippen molar-refractivity contribution in [3.63, 3.8) is 0 Å². The molecule has 0 atom stereocenters. The lowest BCUT2D eigenvalue weighted by molar-refractivity contribution is -0.0772. The Morgan fingerprint density at radius 3 is 2.18 bits per heavy atom. The van der Waals surface area contributed by atoms with E-state index in [4.69, 9.17) is 4.42 Å². The van der Waals surface area contributed by atoms with Gasteiger partial charge in [0.15, 0.2) is 0 Å². The van der Waals surface area contributed by atoms with E-state index in [-0.39, 0.29) is 0 Å². The molecule has 120 valence electrons. The monoisotopic (exact) mass is 300 g/mol. The Morgan fingerprint density at radius 2 is 1.59 bits per heavy atom. The number of hydrogen-bond acceptors (Lipinski definition) is 3. The maximum atomic E-state index is 5.50. The minimum Gasteiger partial charge on any atom is -0.468 e. The summed E-state index contributed by atoms with van der Waals surface area (Å²) in [6.45, 7) is 5.96. The molecule has 5 aliphatic rings. The van der Waals surface area contributed by atoms with Crippen molar-refractivity contribution in [3.05, 3.63) is 24.2 Å². The largest absolute Gasteiger partial charge is 0.468 e. The van der Waals surface area contributed by atoms with Crippen molar-refractivity contribution in [1.82, 2.24) is 9.80 Å². The first-order valence-corrected chi connectivity index (χ1v) is 9.34. The quantitative estimate of drug-likeness (QED) is 0.854. The lowest BCUT2D eigenvalue weighted by atomic mass is 9.54. The van der Waals surface area contributed by atoms with Crippen molar-refractivity contribution in [1.29, 1.82) is 0 Å². The standard InChI is InChI=1S/C19H28N2O/c1-2-18(22-7-1)13-20-3-5-21(6-4-20)19-16-9-14-8-15(11-16)12-17(19)10-14/h1-2,7,14-17,19H,3-6,8-13H2. The normalized spacial score (nSPS) is 42.1. The van der Waals surface area contributed by atoms with Gasteiger partial charge in [-0.05, 0) is 67.9 Å². The fourth-order valence-corrected chi connectivity index (χ4v) is 6.34. The van der Waals surface area contributed by atoms with Gasteiger partial charge in [0.1, 0.15) is 5.76 Å². The summed E-state index contributed by atoms with van der Waals surface area (Å²) < 4.78 is 5.50. The zero-order valence-electron chi connectivity index (χ0n) is 13.5. The van der Waals surface area contributed by atoms with Crippen LogP contribution in [0.3, 0.4) is 0 Å². The average molecular weight is 300 g/mol. The summed E-state index contributed by atoms with van der Waals surface area (Å²) in [5.74, 6) is 5.38. The van der Waals surface area contributed by atoms with E-state index < -0.39 is 0 Å². The van der Waals surface area contributed by atoms with Gasteiger partial charge in [0.05, 0.1) is 12.8 Å². The molecule has 0 spiro atoms. The minimum atomic E-state index is 0.929. The predicted molar refractivity (Wildman–Crippen MR) is 86.4 cm³/mol. The summed E-state index contributed by atoms with van der Waals surface area (Å²) in [4.78, 5) is 5.43. The first kappa shape index (κ1) is 13.6. The molecule has 4 bridgehead atoms. The molecule has 0 aromatic carbocycles. The number of furan rings is 1. The highest BCUT2D eigenvalue weighted by atomic mass is 16.3. The van der Waals surface area contributed by atoms with Crippen molar-refractivity contribution < 1.29 is 4.42 Å². The highest BCUT2D eigenvalue weighted by molar-refractivity contribution is 5.03. The third kappa shape index (κ3) is 2.33. The second-order valence-electron chi connectivity index (χ2n) is 8.31. The van der Waals surface area contributed by atoms with Crippen LogP contribution in [0.5, 0.6) is 0 Å². The summed E-state index contributed by atoms with van der Waals surface area (Å²) >= 11 is 0. The second kappa shape index (κ2) is 5.38. The van der Waals surface area contributed by atoms with Crippen LogP contribution in [0.25, 0.3) is 0 Å². The fraction of sp³-hybridized carbons (Fsp3) is 0.789. The third-order valence-electron chi connectivity index (χ3n) is 6.97. The lowest BCUT2D eigenvalue weighted by Gasteiger charge is -2.58. The van der Waals surface area contributed by atoms with E-state index in [0.29, 0.717) is 0 Å². The Kier molecular flexibility index (Phi) is 3.33. The van der Waals surface area contributed by atoms with Crippen molar-refractivity contribution in [2.45, 2.75) is 44.7 Å².